The van der Waals surface area contributed by atoms with E-state index in [4.69, 9.17) is 9.68 Å². The lowest BCUT2D eigenvalue weighted by Crippen LogP contribution is -2.29. The van der Waals surface area contributed by atoms with Crippen LogP contribution in [-0.2, 0) is 11.3 Å². The quantitative estimate of drug-likeness (QED) is 0.614. The third-order valence-electron chi connectivity index (χ3n) is 3.77. The van der Waals surface area contributed by atoms with Gasteiger partial charge in [0.1, 0.15) is 5.76 Å². The maximum atomic E-state index is 12.5. The van der Waals surface area contributed by atoms with Crippen molar-refractivity contribution in [3.8, 4) is 11.8 Å². The smallest absolute Gasteiger partial charge is 0.247 e. The zero-order chi connectivity index (χ0) is 18.2. The molecule has 6 nitrogen and oxygen atoms in total. The third kappa shape index (κ3) is 4.48. The van der Waals surface area contributed by atoms with E-state index in [1.807, 2.05) is 36.5 Å². The Kier molecular flexibility index (Phi) is 5.63. The van der Waals surface area contributed by atoms with E-state index < -0.39 is 0 Å². The van der Waals surface area contributed by atoms with Gasteiger partial charge in [-0.1, -0.05) is 18.2 Å². The zero-order valence-corrected chi connectivity index (χ0v) is 14.2. The highest BCUT2D eigenvalue weighted by atomic mass is 16.3. The second-order valence-electron chi connectivity index (χ2n) is 5.63. The highest BCUT2D eigenvalue weighted by molar-refractivity contribution is 5.91. The number of aromatic nitrogens is 2. The third-order valence-corrected chi connectivity index (χ3v) is 3.77. The van der Waals surface area contributed by atoms with Crippen molar-refractivity contribution in [2.24, 2.45) is 0 Å². The van der Waals surface area contributed by atoms with Gasteiger partial charge in [0.2, 0.25) is 5.91 Å². The van der Waals surface area contributed by atoms with E-state index in [1.54, 1.807) is 40.3 Å². The van der Waals surface area contributed by atoms with E-state index in [1.165, 1.54) is 6.08 Å². The van der Waals surface area contributed by atoms with Gasteiger partial charge in [-0.25, -0.2) is 4.68 Å². The lowest BCUT2D eigenvalue weighted by atomic mass is 10.3. The number of carbonyl (C=O) groups excluding carboxylic acids is 1. The van der Waals surface area contributed by atoms with E-state index >= 15 is 0 Å². The van der Waals surface area contributed by atoms with Crippen molar-refractivity contribution in [3.05, 3.63) is 78.5 Å². The predicted octanol–water partition coefficient (Wildman–Crippen LogP) is 3.42. The van der Waals surface area contributed by atoms with E-state index in [0.717, 1.165) is 11.3 Å². The minimum atomic E-state index is -0.177. The van der Waals surface area contributed by atoms with E-state index in [9.17, 15) is 4.79 Å². The first kappa shape index (κ1) is 17.2. The number of para-hydroxylation sites is 1. The number of carbonyl (C=O) groups is 1. The van der Waals surface area contributed by atoms with Crippen LogP contribution in [0.5, 0.6) is 0 Å². The molecule has 0 radical (unpaired) electrons. The second-order valence-corrected chi connectivity index (χ2v) is 5.63. The highest BCUT2D eigenvalue weighted by Gasteiger charge is 2.12. The lowest BCUT2D eigenvalue weighted by molar-refractivity contribution is -0.126. The SMILES string of the molecule is N#CCCN(Cc1ccco1)C(=O)/C=C/c1cnn(-c2ccccc2)c1. The summed E-state index contributed by atoms with van der Waals surface area (Å²) in [6, 6.07) is 15.4. The molecule has 130 valence electrons. The Bertz CT molecular complexity index is 905. The summed E-state index contributed by atoms with van der Waals surface area (Å²) in [6.45, 7) is 0.685. The molecule has 3 aromatic rings. The molecule has 0 saturated carbocycles. The molecule has 2 aromatic heterocycles. The number of hydrogen-bond acceptors (Lipinski definition) is 4. The topological polar surface area (TPSA) is 75.1 Å². The number of benzene rings is 1. The summed E-state index contributed by atoms with van der Waals surface area (Å²) in [4.78, 5) is 14.1. The van der Waals surface area contributed by atoms with Crippen LogP contribution in [0.2, 0.25) is 0 Å². The predicted molar refractivity (Wildman–Crippen MR) is 97.0 cm³/mol. The molecule has 0 fully saturated rings. The molecule has 26 heavy (non-hydrogen) atoms. The van der Waals surface area contributed by atoms with Gasteiger partial charge < -0.3 is 9.32 Å². The van der Waals surface area contributed by atoms with Crippen LogP contribution in [0.3, 0.4) is 0 Å². The first-order valence-electron chi connectivity index (χ1n) is 8.22. The van der Waals surface area contributed by atoms with Crippen LogP contribution in [0.15, 0.2) is 71.6 Å². The number of furan rings is 1. The van der Waals surface area contributed by atoms with Crippen molar-refractivity contribution >= 4 is 12.0 Å². The fraction of sp³-hybridized carbons (Fsp3) is 0.150. The summed E-state index contributed by atoms with van der Waals surface area (Å²) in [5.74, 6) is 0.505. The van der Waals surface area contributed by atoms with Crippen molar-refractivity contribution in [2.45, 2.75) is 13.0 Å². The molecule has 0 unspecified atom stereocenters. The molecule has 1 aromatic carbocycles. The van der Waals surface area contributed by atoms with Crippen molar-refractivity contribution in [1.82, 2.24) is 14.7 Å². The van der Waals surface area contributed by atoms with Gasteiger partial charge in [0.15, 0.2) is 0 Å². The minimum absolute atomic E-state index is 0.177. The highest BCUT2D eigenvalue weighted by Crippen LogP contribution is 2.10. The molecule has 0 spiro atoms. The number of rotatable bonds is 7. The van der Waals surface area contributed by atoms with Crippen LogP contribution in [0.1, 0.15) is 17.7 Å². The summed E-state index contributed by atoms with van der Waals surface area (Å²) in [5.41, 5.74) is 1.77. The van der Waals surface area contributed by atoms with Crippen LogP contribution in [0, 0.1) is 11.3 Å². The summed E-state index contributed by atoms with van der Waals surface area (Å²) < 4.78 is 7.05. The average Bonchev–Trinajstić information content (AvgIpc) is 3.36. The maximum Gasteiger partial charge on any atom is 0.247 e. The van der Waals surface area contributed by atoms with Crippen molar-refractivity contribution in [1.29, 1.82) is 5.26 Å². The Hall–Kier alpha value is -3.59. The Balaban J connectivity index is 1.68. The Morgan fingerprint density at radius 2 is 2.12 bits per heavy atom. The lowest BCUT2D eigenvalue weighted by Gasteiger charge is -2.18. The normalized spacial score (nSPS) is 10.7. The largest absolute Gasteiger partial charge is 0.467 e. The Morgan fingerprint density at radius 3 is 2.85 bits per heavy atom. The van der Waals surface area contributed by atoms with Crippen LogP contribution in [-0.4, -0.2) is 27.1 Å². The first-order chi connectivity index (χ1) is 12.8. The number of nitrogens with zero attached hydrogens (tertiary/aromatic N) is 4. The standard InChI is InChI=1S/C20H18N4O2/c21-11-5-12-23(16-19-8-4-13-26-19)20(25)10-9-17-14-22-24(15-17)18-6-2-1-3-7-18/h1-4,6-10,13-15H,5,12,16H2/b10-9+. The molecule has 6 heteroatoms. The molecule has 1 amide bonds. The van der Waals surface area contributed by atoms with E-state index in [2.05, 4.69) is 11.2 Å². The number of hydrogen-bond donors (Lipinski definition) is 0. The summed E-state index contributed by atoms with van der Waals surface area (Å²) in [7, 11) is 0. The number of amides is 1. The molecular weight excluding hydrogens is 328 g/mol. The molecule has 0 saturated heterocycles. The van der Waals surface area contributed by atoms with Crippen molar-refractivity contribution in [2.75, 3.05) is 6.54 Å². The molecule has 0 aliphatic carbocycles. The Morgan fingerprint density at radius 1 is 1.27 bits per heavy atom. The van der Waals surface area contributed by atoms with Gasteiger partial charge >= 0.3 is 0 Å². The molecular formula is C20H18N4O2. The summed E-state index contributed by atoms with van der Waals surface area (Å²) in [5, 5.41) is 13.1. The molecule has 0 bridgehead atoms. The summed E-state index contributed by atoms with van der Waals surface area (Å²) >= 11 is 0. The van der Waals surface area contributed by atoms with Gasteiger partial charge in [0.25, 0.3) is 0 Å². The molecule has 0 aliphatic heterocycles. The minimum Gasteiger partial charge on any atom is -0.467 e. The molecule has 0 N–H and O–H groups in total. The van der Waals surface area contributed by atoms with Crippen LogP contribution in [0.25, 0.3) is 11.8 Å². The van der Waals surface area contributed by atoms with Crippen LogP contribution >= 0.6 is 0 Å². The van der Waals surface area contributed by atoms with E-state index in [-0.39, 0.29) is 12.3 Å². The van der Waals surface area contributed by atoms with Gasteiger partial charge in [-0.05, 0) is 30.3 Å². The zero-order valence-electron chi connectivity index (χ0n) is 14.2. The molecule has 3 rings (SSSR count). The van der Waals surface area contributed by atoms with Gasteiger partial charge in [0, 0.05) is 24.4 Å². The molecule has 0 aliphatic rings. The van der Waals surface area contributed by atoms with Crippen molar-refractivity contribution in [3.63, 3.8) is 0 Å². The fourth-order valence-electron chi connectivity index (χ4n) is 2.46. The Labute approximate surface area is 151 Å². The van der Waals surface area contributed by atoms with Gasteiger partial charge in [-0.15, -0.1) is 0 Å². The second kappa shape index (κ2) is 8.49. The van der Waals surface area contributed by atoms with E-state index in [0.29, 0.717) is 18.8 Å². The van der Waals surface area contributed by atoms with Gasteiger partial charge in [-0.2, -0.15) is 10.4 Å². The van der Waals surface area contributed by atoms with Crippen LogP contribution < -0.4 is 0 Å². The number of nitriles is 1. The fourth-order valence-corrected chi connectivity index (χ4v) is 2.46. The summed E-state index contributed by atoms with van der Waals surface area (Å²) in [6.07, 6.45) is 8.60. The van der Waals surface area contributed by atoms with Crippen molar-refractivity contribution < 1.29 is 9.21 Å². The first-order valence-corrected chi connectivity index (χ1v) is 8.22. The molecule has 0 atom stereocenters. The maximum absolute atomic E-state index is 12.5. The monoisotopic (exact) mass is 346 g/mol. The van der Waals surface area contributed by atoms with Gasteiger partial charge in [-0.3, -0.25) is 4.79 Å². The van der Waals surface area contributed by atoms with Gasteiger partial charge in [0.05, 0.1) is 37.2 Å². The van der Waals surface area contributed by atoms with Crippen LogP contribution in [0.4, 0.5) is 0 Å². The average molecular weight is 346 g/mol. The molecule has 2 heterocycles.